The number of hydrogen-bond acceptors (Lipinski definition) is 7. The number of nitrogens with zero attached hydrogens (tertiary/aromatic N) is 5. The zero-order valence-corrected chi connectivity index (χ0v) is 19.1. The number of ether oxygens (including phenoxy) is 1. The average Bonchev–Trinajstić information content (AvgIpc) is 3.36. The molecule has 1 aliphatic carbocycles. The molecule has 4 heterocycles. The molecule has 1 saturated carbocycles. The van der Waals surface area contributed by atoms with E-state index >= 15 is 0 Å². The van der Waals surface area contributed by atoms with Gasteiger partial charge in [0.2, 0.25) is 11.9 Å². The Bertz CT molecular complexity index is 1130. The molecule has 2 aromatic rings. The maximum Gasteiger partial charge on any atom is 0.411 e. The van der Waals surface area contributed by atoms with Gasteiger partial charge >= 0.3 is 6.09 Å². The van der Waals surface area contributed by atoms with Crippen LogP contribution in [-0.4, -0.2) is 54.3 Å². The van der Waals surface area contributed by atoms with Crippen LogP contribution in [0.4, 0.5) is 16.4 Å². The van der Waals surface area contributed by atoms with Crippen molar-refractivity contribution >= 4 is 29.2 Å². The molecule has 3 aliphatic rings. The maximum atomic E-state index is 12.7. The zero-order valence-electron chi connectivity index (χ0n) is 19.1. The van der Waals surface area contributed by atoms with E-state index < -0.39 is 11.1 Å². The first-order chi connectivity index (χ1) is 15.6. The van der Waals surface area contributed by atoms with Gasteiger partial charge in [0.1, 0.15) is 11.1 Å². The first kappa shape index (κ1) is 21.4. The van der Waals surface area contributed by atoms with Crippen LogP contribution in [0.3, 0.4) is 0 Å². The van der Waals surface area contributed by atoms with Gasteiger partial charge in [-0.2, -0.15) is 5.10 Å². The molecule has 2 atom stereocenters. The molecule has 2 fully saturated rings. The number of anilines is 2. The van der Waals surface area contributed by atoms with Crippen molar-refractivity contribution in [1.82, 2.24) is 24.6 Å². The smallest absolute Gasteiger partial charge is 0.411 e. The Hall–Kier alpha value is -3.43. The fraction of sp³-hybridized carbons (Fsp3) is 0.522. The lowest BCUT2D eigenvalue weighted by atomic mass is 9.99. The molecule has 2 aromatic heterocycles. The number of carbonyl (C=O) groups excluding carboxylic acids is 2. The van der Waals surface area contributed by atoms with Crippen LogP contribution in [-0.2, 0) is 15.1 Å². The van der Waals surface area contributed by atoms with E-state index in [0.29, 0.717) is 24.5 Å². The van der Waals surface area contributed by atoms with Gasteiger partial charge in [-0.3, -0.25) is 14.4 Å². The number of fused-ring (bicyclic) bond motifs is 2. The predicted molar refractivity (Wildman–Crippen MR) is 121 cm³/mol. The van der Waals surface area contributed by atoms with E-state index in [-0.39, 0.29) is 24.1 Å². The van der Waals surface area contributed by atoms with E-state index in [1.807, 2.05) is 31.7 Å². The van der Waals surface area contributed by atoms with Gasteiger partial charge in [-0.25, -0.2) is 14.8 Å². The lowest BCUT2D eigenvalue weighted by Crippen LogP contribution is -2.45. The topological polar surface area (TPSA) is 128 Å². The van der Waals surface area contributed by atoms with Crippen LogP contribution in [0.2, 0.25) is 0 Å². The van der Waals surface area contributed by atoms with Crippen molar-refractivity contribution in [2.75, 3.05) is 5.32 Å². The lowest BCUT2D eigenvalue weighted by molar-refractivity contribution is -0.122. The molecule has 0 aromatic carbocycles. The Kier molecular flexibility index (Phi) is 4.91. The molecule has 10 nitrogen and oxygen atoms in total. The summed E-state index contributed by atoms with van der Waals surface area (Å²) in [4.78, 5) is 35.3. The number of amides is 2. The van der Waals surface area contributed by atoms with E-state index in [2.05, 4.69) is 26.5 Å². The van der Waals surface area contributed by atoms with Crippen molar-refractivity contribution in [3.8, 4) is 0 Å². The highest BCUT2D eigenvalue weighted by Crippen LogP contribution is 2.43. The lowest BCUT2D eigenvalue weighted by Gasteiger charge is -2.35. The van der Waals surface area contributed by atoms with Crippen LogP contribution in [0, 0.1) is 0 Å². The van der Waals surface area contributed by atoms with E-state index in [0.717, 1.165) is 30.5 Å². The van der Waals surface area contributed by atoms with Crippen LogP contribution >= 0.6 is 0 Å². The van der Waals surface area contributed by atoms with Gasteiger partial charge in [-0.1, -0.05) is 6.08 Å². The number of aromatic nitrogens is 4. The Morgan fingerprint density at radius 2 is 2.06 bits per heavy atom. The molecule has 2 bridgehead atoms. The summed E-state index contributed by atoms with van der Waals surface area (Å²) in [6.07, 6.45) is 11.0. The fourth-order valence-electron chi connectivity index (χ4n) is 4.67. The van der Waals surface area contributed by atoms with Crippen molar-refractivity contribution in [2.24, 2.45) is 5.73 Å². The second-order valence-electron chi connectivity index (χ2n) is 10.0. The van der Waals surface area contributed by atoms with Crippen molar-refractivity contribution in [1.29, 1.82) is 0 Å². The summed E-state index contributed by atoms with van der Waals surface area (Å²) < 4.78 is 7.23. The third kappa shape index (κ3) is 4.05. The molecule has 174 valence electrons. The molecule has 2 amide bonds. The molecule has 10 heteroatoms. The van der Waals surface area contributed by atoms with E-state index in [1.165, 1.54) is 0 Å². The third-order valence-corrected chi connectivity index (χ3v) is 6.44. The van der Waals surface area contributed by atoms with Crippen LogP contribution in [0.15, 0.2) is 30.7 Å². The Morgan fingerprint density at radius 1 is 1.27 bits per heavy atom. The molecule has 33 heavy (non-hydrogen) atoms. The fourth-order valence-corrected chi connectivity index (χ4v) is 4.67. The molecular weight excluding hydrogens is 422 g/mol. The van der Waals surface area contributed by atoms with Gasteiger partial charge in [-0.15, -0.1) is 0 Å². The van der Waals surface area contributed by atoms with E-state index in [9.17, 15) is 9.59 Å². The van der Waals surface area contributed by atoms with Crippen LogP contribution < -0.4 is 11.1 Å². The number of rotatable bonds is 5. The normalized spacial score (nSPS) is 23.1. The molecular formula is C23H29N7O3. The number of nitrogens with two attached hydrogens (primary N) is 1. The minimum Gasteiger partial charge on any atom is -0.444 e. The minimum atomic E-state index is -0.700. The SMILES string of the molecule is CC(C)(C)OC(=O)N1C2C=C(c3ccnc(Nc4cnn(C5(C(N)=O)CC5)c4)n3)CC1CC2. The number of nitrogens with one attached hydrogen (secondary N) is 1. The molecule has 2 unspecified atom stereocenters. The highest BCUT2D eigenvalue weighted by Gasteiger charge is 2.51. The van der Waals surface area contributed by atoms with E-state index in [1.54, 1.807) is 23.3 Å². The molecule has 3 N–H and O–H groups in total. The Labute approximate surface area is 192 Å². The summed E-state index contributed by atoms with van der Waals surface area (Å²) in [7, 11) is 0. The van der Waals surface area contributed by atoms with Crippen LogP contribution in [0.5, 0.6) is 0 Å². The third-order valence-electron chi connectivity index (χ3n) is 6.44. The summed E-state index contributed by atoms with van der Waals surface area (Å²) in [6.45, 7) is 5.65. The predicted octanol–water partition coefficient (Wildman–Crippen LogP) is 2.95. The minimum absolute atomic E-state index is 0.0155. The summed E-state index contributed by atoms with van der Waals surface area (Å²) >= 11 is 0. The van der Waals surface area contributed by atoms with Crippen LogP contribution in [0.1, 0.15) is 58.6 Å². The zero-order chi connectivity index (χ0) is 23.4. The second-order valence-corrected chi connectivity index (χ2v) is 10.0. The van der Waals surface area contributed by atoms with Crippen LogP contribution in [0.25, 0.3) is 5.57 Å². The van der Waals surface area contributed by atoms with Crippen molar-refractivity contribution in [3.05, 3.63) is 36.4 Å². The molecule has 0 spiro atoms. The quantitative estimate of drug-likeness (QED) is 0.715. The largest absolute Gasteiger partial charge is 0.444 e. The highest BCUT2D eigenvalue weighted by molar-refractivity contribution is 5.85. The first-order valence-electron chi connectivity index (χ1n) is 11.3. The van der Waals surface area contributed by atoms with Gasteiger partial charge in [-0.05, 0) is 64.5 Å². The Balaban J connectivity index is 1.31. The van der Waals surface area contributed by atoms with Gasteiger partial charge in [0.15, 0.2) is 0 Å². The number of hydrogen-bond donors (Lipinski definition) is 2. The molecule has 2 aliphatic heterocycles. The molecule has 0 radical (unpaired) electrons. The van der Waals surface area contributed by atoms with E-state index in [4.69, 9.17) is 10.5 Å². The van der Waals surface area contributed by atoms with Crippen molar-refractivity contribution < 1.29 is 14.3 Å². The average molecular weight is 452 g/mol. The number of primary amides is 1. The summed E-state index contributed by atoms with van der Waals surface area (Å²) in [6, 6.07) is 2.01. The second kappa shape index (κ2) is 7.57. The summed E-state index contributed by atoms with van der Waals surface area (Å²) in [5, 5.41) is 7.46. The monoisotopic (exact) mass is 451 g/mol. The van der Waals surface area contributed by atoms with Crippen molar-refractivity contribution in [3.63, 3.8) is 0 Å². The van der Waals surface area contributed by atoms with Gasteiger partial charge in [0.05, 0.1) is 23.6 Å². The number of carbonyl (C=O) groups is 2. The Morgan fingerprint density at radius 3 is 2.73 bits per heavy atom. The van der Waals surface area contributed by atoms with Gasteiger partial charge in [0.25, 0.3) is 0 Å². The molecule has 1 saturated heterocycles. The van der Waals surface area contributed by atoms with Gasteiger partial charge < -0.3 is 15.8 Å². The molecule has 5 rings (SSSR count). The summed E-state index contributed by atoms with van der Waals surface area (Å²) in [5.41, 5.74) is 6.94. The van der Waals surface area contributed by atoms with Gasteiger partial charge in [0, 0.05) is 18.4 Å². The highest BCUT2D eigenvalue weighted by atomic mass is 16.6. The van der Waals surface area contributed by atoms with Crippen molar-refractivity contribution in [2.45, 2.75) is 76.1 Å². The summed E-state index contributed by atoms with van der Waals surface area (Å²) in [5.74, 6) is 0.0773. The maximum absolute atomic E-state index is 12.7. The first-order valence-corrected chi connectivity index (χ1v) is 11.3. The standard InChI is InChI=1S/C23H29N7O3/c1-22(2,3)33-21(32)30-16-4-5-17(30)11-14(10-16)18-6-9-25-20(28-18)27-15-12-26-29(13-15)23(7-8-23)19(24)31/h6,9-10,12-13,16-17H,4-5,7-8,11H2,1-3H3,(H2,24,31)(H,25,27,28).